The van der Waals surface area contributed by atoms with E-state index in [1.165, 1.54) is 0 Å². The van der Waals surface area contributed by atoms with Gasteiger partial charge in [-0.2, -0.15) is 0 Å². The Morgan fingerprint density at radius 2 is 2.04 bits per heavy atom. The molecule has 0 saturated carbocycles. The predicted molar refractivity (Wildman–Crippen MR) is 85.2 cm³/mol. The molecule has 1 aromatic carbocycles. The van der Waals surface area contributed by atoms with E-state index >= 15 is 0 Å². The first-order valence-electron chi connectivity index (χ1n) is 7.79. The van der Waals surface area contributed by atoms with Crippen LogP contribution < -0.4 is 5.32 Å². The molecule has 0 unspecified atom stereocenters. The van der Waals surface area contributed by atoms with E-state index in [0.717, 1.165) is 11.3 Å². The van der Waals surface area contributed by atoms with Crippen LogP contribution in [0.5, 0.6) is 0 Å². The fraction of sp³-hybridized carbons (Fsp3) is 0.438. The van der Waals surface area contributed by atoms with Crippen molar-refractivity contribution in [3.63, 3.8) is 0 Å². The van der Waals surface area contributed by atoms with Crippen molar-refractivity contribution in [3.8, 4) is 5.69 Å². The Morgan fingerprint density at radius 1 is 1.30 bits per heavy atom. The Morgan fingerprint density at radius 3 is 2.70 bits per heavy atom. The lowest BCUT2D eigenvalue weighted by atomic mass is 10.1. The highest BCUT2D eigenvalue weighted by Gasteiger charge is 2.17. The summed E-state index contributed by atoms with van der Waals surface area (Å²) in [5.74, 6) is 0.124. The molecule has 3 rings (SSSR count). The first-order valence-corrected chi connectivity index (χ1v) is 7.79. The standard InChI is InChI=1S/C16H21N5O2/c1-13(17-12-16(22)20-8-10-23-11-9-20)14-2-4-15(5-3-14)21-7-6-18-19-21/h2-7,13,17H,8-12H2,1H3/t13-/m1/s1. The maximum absolute atomic E-state index is 12.1. The molecule has 122 valence electrons. The molecule has 0 aliphatic carbocycles. The van der Waals surface area contributed by atoms with Crippen LogP contribution in [0.2, 0.25) is 0 Å². The van der Waals surface area contributed by atoms with Gasteiger partial charge in [0.15, 0.2) is 0 Å². The van der Waals surface area contributed by atoms with Crippen LogP contribution in [0.3, 0.4) is 0 Å². The fourth-order valence-corrected chi connectivity index (χ4v) is 2.54. The summed E-state index contributed by atoms with van der Waals surface area (Å²) in [7, 11) is 0. The number of hydrogen-bond donors (Lipinski definition) is 1. The van der Waals surface area contributed by atoms with Gasteiger partial charge in [0.1, 0.15) is 0 Å². The van der Waals surface area contributed by atoms with Gasteiger partial charge in [-0.3, -0.25) is 4.79 Å². The minimum absolute atomic E-state index is 0.102. The van der Waals surface area contributed by atoms with Gasteiger partial charge >= 0.3 is 0 Å². The van der Waals surface area contributed by atoms with Crippen LogP contribution in [0, 0.1) is 0 Å². The second-order valence-corrected chi connectivity index (χ2v) is 5.53. The van der Waals surface area contributed by atoms with Gasteiger partial charge in [0.05, 0.1) is 37.8 Å². The molecule has 1 fully saturated rings. The number of ether oxygens (including phenoxy) is 1. The zero-order chi connectivity index (χ0) is 16.1. The summed E-state index contributed by atoms with van der Waals surface area (Å²) in [5, 5.41) is 11.0. The summed E-state index contributed by atoms with van der Waals surface area (Å²) in [5.41, 5.74) is 2.09. The molecule has 1 aromatic heterocycles. The molecule has 23 heavy (non-hydrogen) atoms. The molecule has 1 amide bonds. The maximum atomic E-state index is 12.1. The number of nitrogens with zero attached hydrogens (tertiary/aromatic N) is 4. The predicted octanol–water partition coefficient (Wildman–Crippen LogP) is 0.777. The number of carbonyl (C=O) groups excluding carboxylic acids is 1. The quantitative estimate of drug-likeness (QED) is 0.882. The Hall–Kier alpha value is -2.25. The van der Waals surface area contributed by atoms with Crippen LogP contribution in [-0.2, 0) is 9.53 Å². The summed E-state index contributed by atoms with van der Waals surface area (Å²) < 4.78 is 6.97. The molecule has 2 aromatic rings. The maximum Gasteiger partial charge on any atom is 0.236 e. The van der Waals surface area contributed by atoms with Gasteiger partial charge < -0.3 is 15.0 Å². The van der Waals surface area contributed by atoms with Crippen LogP contribution in [-0.4, -0.2) is 58.6 Å². The van der Waals surface area contributed by atoms with E-state index in [-0.39, 0.29) is 11.9 Å². The summed E-state index contributed by atoms with van der Waals surface area (Å²) in [4.78, 5) is 14.0. The van der Waals surface area contributed by atoms with Gasteiger partial charge in [0.25, 0.3) is 0 Å². The average Bonchev–Trinajstić information content (AvgIpc) is 3.15. The highest BCUT2D eigenvalue weighted by Crippen LogP contribution is 2.15. The topological polar surface area (TPSA) is 72.3 Å². The smallest absolute Gasteiger partial charge is 0.236 e. The highest BCUT2D eigenvalue weighted by molar-refractivity contribution is 5.78. The normalized spacial score (nSPS) is 16.3. The molecule has 0 radical (unpaired) electrons. The zero-order valence-electron chi connectivity index (χ0n) is 13.2. The van der Waals surface area contributed by atoms with Crippen molar-refractivity contribution in [1.82, 2.24) is 25.2 Å². The van der Waals surface area contributed by atoms with E-state index in [2.05, 4.69) is 22.6 Å². The van der Waals surface area contributed by atoms with Crippen molar-refractivity contribution < 1.29 is 9.53 Å². The second kappa shape index (κ2) is 7.34. The van der Waals surface area contributed by atoms with E-state index < -0.39 is 0 Å². The van der Waals surface area contributed by atoms with Gasteiger partial charge in [-0.25, -0.2) is 4.68 Å². The van der Waals surface area contributed by atoms with Crippen LogP contribution in [0.1, 0.15) is 18.5 Å². The molecule has 0 spiro atoms. The first-order chi connectivity index (χ1) is 11.2. The average molecular weight is 315 g/mol. The van der Waals surface area contributed by atoms with Crippen LogP contribution in [0.4, 0.5) is 0 Å². The van der Waals surface area contributed by atoms with E-state index in [0.29, 0.717) is 32.8 Å². The molecule has 2 heterocycles. The molecule has 7 heteroatoms. The van der Waals surface area contributed by atoms with Crippen molar-refractivity contribution in [2.24, 2.45) is 0 Å². The minimum Gasteiger partial charge on any atom is -0.378 e. The van der Waals surface area contributed by atoms with Crippen LogP contribution >= 0.6 is 0 Å². The van der Waals surface area contributed by atoms with Gasteiger partial charge in [-0.1, -0.05) is 17.3 Å². The number of amides is 1. The third-order valence-corrected chi connectivity index (χ3v) is 4.00. The fourth-order valence-electron chi connectivity index (χ4n) is 2.54. The zero-order valence-corrected chi connectivity index (χ0v) is 13.2. The van der Waals surface area contributed by atoms with E-state index in [9.17, 15) is 4.79 Å². The van der Waals surface area contributed by atoms with Crippen molar-refractivity contribution in [1.29, 1.82) is 0 Å². The monoisotopic (exact) mass is 315 g/mol. The third kappa shape index (κ3) is 3.94. The second-order valence-electron chi connectivity index (χ2n) is 5.53. The SMILES string of the molecule is C[C@@H](NCC(=O)N1CCOCC1)c1ccc(-n2ccnn2)cc1. The summed E-state index contributed by atoms with van der Waals surface area (Å²) in [6, 6.07) is 8.16. The Bertz CT molecular complexity index is 620. The van der Waals surface area contributed by atoms with Crippen LogP contribution in [0.25, 0.3) is 5.69 Å². The lowest BCUT2D eigenvalue weighted by Crippen LogP contribution is -2.45. The van der Waals surface area contributed by atoms with E-state index in [1.807, 2.05) is 29.2 Å². The van der Waals surface area contributed by atoms with Gasteiger partial charge in [0.2, 0.25) is 5.91 Å². The van der Waals surface area contributed by atoms with Gasteiger partial charge in [-0.05, 0) is 24.6 Å². The molecule has 1 N–H and O–H groups in total. The van der Waals surface area contributed by atoms with Crippen molar-refractivity contribution in [3.05, 3.63) is 42.2 Å². The van der Waals surface area contributed by atoms with Gasteiger partial charge in [0, 0.05) is 19.1 Å². The number of carbonyl (C=O) groups is 1. The summed E-state index contributed by atoms with van der Waals surface area (Å²) in [6.45, 7) is 5.02. The number of rotatable bonds is 5. The molecule has 0 bridgehead atoms. The lowest BCUT2D eigenvalue weighted by Gasteiger charge is -2.27. The van der Waals surface area contributed by atoms with E-state index in [4.69, 9.17) is 4.74 Å². The lowest BCUT2D eigenvalue weighted by molar-refractivity contribution is -0.134. The number of morpholine rings is 1. The molecule has 1 atom stereocenters. The molecular weight excluding hydrogens is 294 g/mol. The number of nitrogens with one attached hydrogen (secondary N) is 1. The van der Waals surface area contributed by atoms with Crippen LogP contribution in [0.15, 0.2) is 36.7 Å². The van der Waals surface area contributed by atoms with Crippen molar-refractivity contribution in [2.45, 2.75) is 13.0 Å². The Kier molecular flexibility index (Phi) is 4.99. The largest absolute Gasteiger partial charge is 0.378 e. The van der Waals surface area contributed by atoms with Crippen molar-refractivity contribution >= 4 is 5.91 Å². The molecule has 1 aliphatic rings. The minimum atomic E-state index is 0.102. The summed E-state index contributed by atoms with van der Waals surface area (Å²) >= 11 is 0. The molecule has 7 nitrogen and oxygen atoms in total. The number of hydrogen-bond acceptors (Lipinski definition) is 5. The van der Waals surface area contributed by atoms with Crippen molar-refractivity contribution in [2.75, 3.05) is 32.8 Å². The first kappa shape index (κ1) is 15.6. The summed E-state index contributed by atoms with van der Waals surface area (Å²) in [6.07, 6.45) is 3.45. The number of benzene rings is 1. The van der Waals surface area contributed by atoms with E-state index in [1.54, 1.807) is 17.1 Å². The third-order valence-electron chi connectivity index (χ3n) is 4.00. The number of aromatic nitrogens is 3. The molecule has 1 saturated heterocycles. The molecular formula is C16H21N5O2. The van der Waals surface area contributed by atoms with Gasteiger partial charge in [-0.15, -0.1) is 5.10 Å². The molecule has 1 aliphatic heterocycles. The Balaban J connectivity index is 1.53. The Labute approximate surface area is 135 Å². The highest BCUT2D eigenvalue weighted by atomic mass is 16.5.